The van der Waals surface area contributed by atoms with E-state index in [-0.39, 0.29) is 6.61 Å². The third-order valence-corrected chi connectivity index (χ3v) is 5.12. The van der Waals surface area contributed by atoms with E-state index >= 15 is 0 Å². The van der Waals surface area contributed by atoms with Crippen LogP contribution in [-0.4, -0.2) is 14.9 Å². The van der Waals surface area contributed by atoms with Crippen molar-refractivity contribution in [3.63, 3.8) is 0 Å². The normalized spacial score (nSPS) is 10.7. The highest BCUT2D eigenvalue weighted by molar-refractivity contribution is 7.98. The van der Waals surface area contributed by atoms with Gasteiger partial charge in [0.25, 0.3) is 0 Å². The molecule has 0 radical (unpaired) electrons. The van der Waals surface area contributed by atoms with Crippen molar-refractivity contribution in [1.29, 1.82) is 5.26 Å². The molecule has 0 saturated carbocycles. The Morgan fingerprint density at radius 1 is 1.11 bits per heavy atom. The number of nitriles is 1. The van der Waals surface area contributed by atoms with Crippen LogP contribution in [0.4, 0.5) is 0 Å². The molecule has 1 heterocycles. The monoisotopic (exact) mass is 379 g/mol. The van der Waals surface area contributed by atoms with E-state index in [1.54, 1.807) is 12.1 Å². The average molecular weight is 379 g/mol. The zero-order chi connectivity index (χ0) is 19.2. The fraction of sp³-hybridized carbons (Fsp3) is 0.250. The first-order chi connectivity index (χ1) is 13.1. The number of nitrogens with zero attached hydrogens (tertiary/aromatic N) is 4. The van der Waals surface area contributed by atoms with Gasteiger partial charge in [-0.15, -0.1) is 10.2 Å². The van der Waals surface area contributed by atoms with Gasteiger partial charge in [-0.25, -0.2) is 4.68 Å². The van der Waals surface area contributed by atoms with Crippen molar-refractivity contribution in [1.82, 2.24) is 14.9 Å². The van der Waals surface area contributed by atoms with Gasteiger partial charge < -0.3 is 10.6 Å². The minimum atomic E-state index is 0.252. The highest BCUT2D eigenvalue weighted by Gasteiger charge is 2.11. The molecule has 0 saturated heterocycles. The Bertz CT molecular complexity index is 927. The van der Waals surface area contributed by atoms with Crippen molar-refractivity contribution >= 4 is 11.8 Å². The summed E-state index contributed by atoms with van der Waals surface area (Å²) in [7, 11) is 0. The predicted molar refractivity (Wildman–Crippen MR) is 106 cm³/mol. The highest BCUT2D eigenvalue weighted by atomic mass is 32.2. The Morgan fingerprint density at radius 2 is 1.81 bits per heavy atom. The fourth-order valence-electron chi connectivity index (χ4n) is 2.42. The molecule has 0 atom stereocenters. The molecule has 27 heavy (non-hydrogen) atoms. The maximum absolute atomic E-state index is 8.84. The summed E-state index contributed by atoms with van der Waals surface area (Å²) in [6.45, 7) is 4.57. The Hall–Kier alpha value is -2.98. The standard InChI is InChI=1S/C20H21N5OS/c1-14(2)17-7-9-18(10-8-17)26-12-19-23-24-20(25(19)22)27-13-16-5-3-15(11-21)4-6-16/h3-10,14H,12-13,22H2,1-2H3. The van der Waals surface area contributed by atoms with Gasteiger partial charge in [0.1, 0.15) is 12.4 Å². The van der Waals surface area contributed by atoms with Gasteiger partial charge in [0, 0.05) is 5.75 Å². The first kappa shape index (κ1) is 18.8. The maximum Gasteiger partial charge on any atom is 0.210 e. The molecule has 0 bridgehead atoms. The number of ether oxygens (including phenoxy) is 1. The molecule has 3 rings (SSSR count). The molecule has 0 spiro atoms. The van der Waals surface area contributed by atoms with Crippen molar-refractivity contribution < 1.29 is 4.74 Å². The summed E-state index contributed by atoms with van der Waals surface area (Å²) in [5.74, 6) is 8.60. The number of hydrogen-bond donors (Lipinski definition) is 1. The minimum Gasteiger partial charge on any atom is -0.486 e. The highest BCUT2D eigenvalue weighted by Crippen LogP contribution is 2.22. The lowest BCUT2D eigenvalue weighted by Crippen LogP contribution is -2.15. The molecule has 2 N–H and O–H groups in total. The van der Waals surface area contributed by atoms with E-state index in [2.05, 4.69) is 42.2 Å². The second-order valence-corrected chi connectivity index (χ2v) is 7.32. The number of hydrogen-bond acceptors (Lipinski definition) is 6. The minimum absolute atomic E-state index is 0.252. The summed E-state index contributed by atoms with van der Waals surface area (Å²) in [4.78, 5) is 0. The zero-order valence-corrected chi connectivity index (χ0v) is 16.1. The van der Waals surface area contributed by atoms with E-state index < -0.39 is 0 Å². The van der Waals surface area contributed by atoms with E-state index in [1.165, 1.54) is 22.0 Å². The molecule has 138 valence electrons. The number of nitrogens with two attached hydrogens (primary N) is 1. The van der Waals surface area contributed by atoms with Crippen LogP contribution in [0, 0.1) is 11.3 Å². The van der Waals surface area contributed by atoms with Crippen molar-refractivity contribution in [2.45, 2.75) is 37.3 Å². The molecule has 0 aliphatic heterocycles. The van der Waals surface area contributed by atoms with E-state index in [1.807, 2.05) is 24.3 Å². The molecule has 2 aromatic carbocycles. The molecule has 0 amide bonds. The molecule has 6 nitrogen and oxygen atoms in total. The first-order valence-electron chi connectivity index (χ1n) is 8.61. The Labute approximate surface area is 163 Å². The molecular formula is C20H21N5OS. The summed E-state index contributed by atoms with van der Waals surface area (Å²) in [6.07, 6.45) is 0. The van der Waals surface area contributed by atoms with Crippen LogP contribution in [-0.2, 0) is 12.4 Å². The third kappa shape index (κ3) is 4.80. The molecule has 0 unspecified atom stereocenters. The van der Waals surface area contributed by atoms with Crippen LogP contribution in [0.5, 0.6) is 5.75 Å². The number of aromatic nitrogens is 3. The van der Waals surface area contributed by atoms with E-state index in [0.717, 1.165) is 11.3 Å². The SMILES string of the molecule is CC(C)c1ccc(OCc2nnc(SCc3ccc(C#N)cc3)n2N)cc1. The van der Waals surface area contributed by atoms with Gasteiger partial charge in [0.15, 0.2) is 5.82 Å². The number of thioether (sulfide) groups is 1. The van der Waals surface area contributed by atoms with E-state index in [0.29, 0.717) is 28.2 Å². The number of nitrogen functional groups attached to an aromatic ring is 1. The quantitative estimate of drug-likeness (QED) is 0.495. The van der Waals surface area contributed by atoms with Crippen molar-refractivity contribution in [3.8, 4) is 11.8 Å². The Balaban J connectivity index is 1.57. The van der Waals surface area contributed by atoms with E-state index in [9.17, 15) is 0 Å². The van der Waals surface area contributed by atoms with Crippen LogP contribution >= 0.6 is 11.8 Å². The summed E-state index contributed by atoms with van der Waals surface area (Å²) in [5, 5.41) is 17.7. The van der Waals surface area contributed by atoms with Crippen molar-refractivity contribution in [2.75, 3.05) is 5.84 Å². The fourth-order valence-corrected chi connectivity index (χ4v) is 3.26. The van der Waals surface area contributed by atoms with Crippen molar-refractivity contribution in [2.24, 2.45) is 0 Å². The largest absolute Gasteiger partial charge is 0.486 e. The van der Waals surface area contributed by atoms with Gasteiger partial charge in [-0.05, 0) is 41.3 Å². The lowest BCUT2D eigenvalue weighted by Gasteiger charge is -2.09. The molecule has 0 fully saturated rings. The lowest BCUT2D eigenvalue weighted by molar-refractivity contribution is 0.291. The summed E-state index contributed by atoms with van der Waals surface area (Å²) in [6, 6.07) is 17.6. The van der Waals surface area contributed by atoms with Crippen LogP contribution in [0.2, 0.25) is 0 Å². The topological polar surface area (TPSA) is 89.8 Å². The summed E-state index contributed by atoms with van der Waals surface area (Å²) in [5.41, 5.74) is 3.00. The van der Waals surface area contributed by atoms with Gasteiger partial charge in [-0.1, -0.05) is 49.9 Å². The second-order valence-electron chi connectivity index (χ2n) is 6.38. The zero-order valence-electron chi connectivity index (χ0n) is 15.3. The van der Waals surface area contributed by atoms with Gasteiger partial charge in [0.2, 0.25) is 5.16 Å². The molecule has 1 aromatic heterocycles. The molecule has 3 aromatic rings. The Morgan fingerprint density at radius 3 is 2.44 bits per heavy atom. The first-order valence-corrected chi connectivity index (χ1v) is 9.59. The smallest absolute Gasteiger partial charge is 0.210 e. The van der Waals surface area contributed by atoms with Crippen LogP contribution in [0.25, 0.3) is 0 Å². The second kappa shape index (κ2) is 8.60. The van der Waals surface area contributed by atoms with E-state index in [4.69, 9.17) is 15.8 Å². The lowest BCUT2D eigenvalue weighted by atomic mass is 10.0. The molecule has 7 heteroatoms. The maximum atomic E-state index is 8.84. The van der Waals surface area contributed by atoms with Crippen LogP contribution in [0.1, 0.15) is 42.3 Å². The molecule has 0 aliphatic carbocycles. The molecular weight excluding hydrogens is 358 g/mol. The van der Waals surface area contributed by atoms with Gasteiger partial charge in [-0.2, -0.15) is 5.26 Å². The van der Waals surface area contributed by atoms with Crippen LogP contribution in [0.3, 0.4) is 0 Å². The van der Waals surface area contributed by atoms with Crippen LogP contribution in [0.15, 0.2) is 53.7 Å². The predicted octanol–water partition coefficient (Wildman–Crippen LogP) is 3.86. The third-order valence-electron chi connectivity index (χ3n) is 4.10. The van der Waals surface area contributed by atoms with Crippen LogP contribution < -0.4 is 10.6 Å². The van der Waals surface area contributed by atoms with Gasteiger partial charge >= 0.3 is 0 Å². The summed E-state index contributed by atoms with van der Waals surface area (Å²) >= 11 is 1.49. The Kier molecular flexibility index (Phi) is 5.99. The number of rotatable bonds is 7. The average Bonchev–Trinajstić information content (AvgIpc) is 3.05. The number of benzene rings is 2. The van der Waals surface area contributed by atoms with Gasteiger partial charge in [-0.3, -0.25) is 0 Å². The summed E-state index contributed by atoms with van der Waals surface area (Å²) < 4.78 is 7.22. The van der Waals surface area contributed by atoms with Crippen molar-refractivity contribution in [3.05, 3.63) is 71.0 Å². The molecule has 0 aliphatic rings. The van der Waals surface area contributed by atoms with Gasteiger partial charge in [0.05, 0.1) is 11.6 Å².